The molecule has 0 aromatic heterocycles. The van der Waals surface area contributed by atoms with E-state index in [1.165, 1.54) is 23.6 Å². The molecule has 70 valence electrons. The fourth-order valence-electron chi connectivity index (χ4n) is 2.61. The van der Waals surface area contributed by atoms with Crippen LogP contribution in [0.2, 0.25) is 0 Å². The number of fused-ring (bicyclic) bond motifs is 3. The molecule has 0 heterocycles. The lowest BCUT2D eigenvalue weighted by Crippen LogP contribution is -1.86. The molecular weight excluding hydrogens is 168 g/mol. The third-order valence-electron chi connectivity index (χ3n) is 3.44. The molecule has 0 aliphatic heterocycles. The van der Waals surface area contributed by atoms with Crippen LogP contribution in [0.25, 0.3) is 10.8 Å². The lowest BCUT2D eigenvalue weighted by molar-refractivity contribution is 0.747. The summed E-state index contributed by atoms with van der Waals surface area (Å²) in [5, 5.41) is 2.86. The van der Waals surface area contributed by atoms with Crippen LogP contribution in [0, 0.1) is 0 Å². The van der Waals surface area contributed by atoms with Gasteiger partial charge in [-0.3, -0.25) is 0 Å². The molecule has 0 amide bonds. The quantitative estimate of drug-likeness (QED) is 0.580. The van der Waals surface area contributed by atoms with Crippen LogP contribution >= 0.6 is 0 Å². The van der Waals surface area contributed by atoms with Crippen LogP contribution in [0.3, 0.4) is 0 Å². The number of hydrogen-bond donors (Lipinski definition) is 0. The van der Waals surface area contributed by atoms with Gasteiger partial charge in [0.05, 0.1) is 0 Å². The molecule has 1 atom stereocenters. The van der Waals surface area contributed by atoms with Crippen LogP contribution in [0.4, 0.5) is 0 Å². The fourth-order valence-corrected chi connectivity index (χ4v) is 2.61. The largest absolute Gasteiger partial charge is 0.0616 e. The minimum Gasteiger partial charge on any atom is -0.0616 e. The topological polar surface area (TPSA) is 0 Å². The summed E-state index contributed by atoms with van der Waals surface area (Å²) < 4.78 is 0. The van der Waals surface area contributed by atoms with Crippen LogP contribution in [0.1, 0.15) is 30.4 Å². The predicted molar refractivity (Wildman–Crippen MR) is 60.7 cm³/mol. The molecule has 0 heteroatoms. The van der Waals surface area contributed by atoms with Crippen LogP contribution in [0.15, 0.2) is 36.4 Å². The van der Waals surface area contributed by atoms with E-state index in [4.69, 9.17) is 0 Å². The summed E-state index contributed by atoms with van der Waals surface area (Å²) in [6, 6.07) is 13.3. The maximum atomic E-state index is 2.33. The minimum absolute atomic E-state index is 0.759. The zero-order valence-corrected chi connectivity index (χ0v) is 8.46. The molecule has 2 aromatic carbocycles. The molecule has 0 radical (unpaired) electrons. The van der Waals surface area contributed by atoms with Gasteiger partial charge in [-0.2, -0.15) is 0 Å². The highest BCUT2D eigenvalue weighted by molar-refractivity contribution is 5.87. The molecule has 0 spiro atoms. The van der Waals surface area contributed by atoms with E-state index in [1.54, 1.807) is 11.1 Å². The third kappa shape index (κ3) is 1.00. The van der Waals surface area contributed by atoms with E-state index in [9.17, 15) is 0 Å². The average Bonchev–Trinajstić information content (AvgIpc) is 2.61. The molecule has 0 bridgehead atoms. The van der Waals surface area contributed by atoms with Crippen molar-refractivity contribution in [3.8, 4) is 0 Å². The van der Waals surface area contributed by atoms with Crippen LogP contribution in [-0.4, -0.2) is 0 Å². The zero-order chi connectivity index (χ0) is 9.54. The number of benzene rings is 2. The van der Waals surface area contributed by atoms with Gasteiger partial charge < -0.3 is 0 Å². The van der Waals surface area contributed by atoms with Crippen molar-refractivity contribution in [3.63, 3.8) is 0 Å². The SMILES string of the molecule is CC1CCc2c1ccc1ccccc21. The second kappa shape index (κ2) is 2.84. The van der Waals surface area contributed by atoms with E-state index < -0.39 is 0 Å². The Balaban J connectivity index is 2.38. The second-order valence-corrected chi connectivity index (χ2v) is 4.29. The number of rotatable bonds is 0. The summed E-state index contributed by atoms with van der Waals surface area (Å²) in [5.74, 6) is 0.759. The highest BCUT2D eigenvalue weighted by Crippen LogP contribution is 2.36. The highest BCUT2D eigenvalue weighted by atomic mass is 14.2. The first-order chi connectivity index (χ1) is 6.86. The fraction of sp³-hybridized carbons (Fsp3) is 0.286. The molecule has 1 unspecified atom stereocenters. The van der Waals surface area contributed by atoms with Gasteiger partial charge >= 0.3 is 0 Å². The normalized spacial score (nSPS) is 19.9. The van der Waals surface area contributed by atoms with Gasteiger partial charge in [-0.25, -0.2) is 0 Å². The van der Waals surface area contributed by atoms with Gasteiger partial charge in [0.2, 0.25) is 0 Å². The van der Waals surface area contributed by atoms with E-state index in [1.807, 2.05) is 0 Å². The average molecular weight is 182 g/mol. The van der Waals surface area contributed by atoms with Gasteiger partial charge in [0.15, 0.2) is 0 Å². The first-order valence-corrected chi connectivity index (χ1v) is 5.37. The zero-order valence-electron chi connectivity index (χ0n) is 8.46. The van der Waals surface area contributed by atoms with Crippen molar-refractivity contribution in [2.75, 3.05) is 0 Å². The first kappa shape index (κ1) is 8.05. The van der Waals surface area contributed by atoms with Gasteiger partial charge in [-0.15, -0.1) is 0 Å². The summed E-state index contributed by atoms with van der Waals surface area (Å²) in [7, 11) is 0. The molecule has 1 aliphatic carbocycles. The van der Waals surface area contributed by atoms with Crippen molar-refractivity contribution >= 4 is 10.8 Å². The summed E-state index contributed by atoms with van der Waals surface area (Å²) in [6.45, 7) is 2.33. The Morgan fingerprint density at radius 1 is 1.07 bits per heavy atom. The Kier molecular flexibility index (Phi) is 1.63. The molecule has 1 aliphatic rings. The van der Waals surface area contributed by atoms with Gasteiger partial charge in [0.1, 0.15) is 0 Å². The van der Waals surface area contributed by atoms with Crippen molar-refractivity contribution in [3.05, 3.63) is 47.5 Å². The predicted octanol–water partition coefficient (Wildman–Crippen LogP) is 3.89. The van der Waals surface area contributed by atoms with Crippen LogP contribution in [-0.2, 0) is 6.42 Å². The van der Waals surface area contributed by atoms with E-state index in [0.29, 0.717) is 0 Å². The highest BCUT2D eigenvalue weighted by Gasteiger charge is 2.19. The van der Waals surface area contributed by atoms with E-state index in [-0.39, 0.29) is 0 Å². The molecule has 0 fully saturated rings. The molecule has 0 saturated heterocycles. The van der Waals surface area contributed by atoms with Gasteiger partial charge in [0.25, 0.3) is 0 Å². The van der Waals surface area contributed by atoms with Crippen molar-refractivity contribution in [1.82, 2.24) is 0 Å². The Bertz CT molecular complexity index is 482. The monoisotopic (exact) mass is 182 g/mol. The molecular formula is C14H14. The minimum atomic E-state index is 0.759. The summed E-state index contributed by atoms with van der Waals surface area (Å²) in [6.07, 6.45) is 2.58. The van der Waals surface area contributed by atoms with Crippen LogP contribution in [0.5, 0.6) is 0 Å². The van der Waals surface area contributed by atoms with Crippen LogP contribution < -0.4 is 0 Å². The first-order valence-electron chi connectivity index (χ1n) is 5.37. The summed E-state index contributed by atoms with van der Waals surface area (Å²) in [5.41, 5.74) is 3.17. The lowest BCUT2D eigenvalue weighted by atomic mass is 9.98. The summed E-state index contributed by atoms with van der Waals surface area (Å²) in [4.78, 5) is 0. The Labute approximate surface area is 84.6 Å². The molecule has 2 aromatic rings. The van der Waals surface area contributed by atoms with Crippen molar-refractivity contribution in [1.29, 1.82) is 0 Å². The molecule has 0 N–H and O–H groups in total. The Hall–Kier alpha value is -1.30. The third-order valence-corrected chi connectivity index (χ3v) is 3.44. The lowest BCUT2D eigenvalue weighted by Gasteiger charge is -2.07. The maximum Gasteiger partial charge on any atom is -0.0149 e. The van der Waals surface area contributed by atoms with Gasteiger partial charge in [-0.05, 0) is 40.7 Å². The smallest absolute Gasteiger partial charge is 0.0149 e. The molecule has 0 saturated carbocycles. The number of hydrogen-bond acceptors (Lipinski definition) is 0. The Morgan fingerprint density at radius 2 is 1.93 bits per heavy atom. The Morgan fingerprint density at radius 3 is 2.86 bits per heavy atom. The second-order valence-electron chi connectivity index (χ2n) is 4.29. The molecule has 3 rings (SSSR count). The number of aryl methyl sites for hydroxylation is 1. The van der Waals surface area contributed by atoms with Crippen molar-refractivity contribution in [2.45, 2.75) is 25.7 Å². The maximum absolute atomic E-state index is 2.33. The standard InChI is InChI=1S/C14H14/c1-10-6-8-14-12(10)9-7-11-4-2-3-5-13(11)14/h2-5,7,9-10H,6,8H2,1H3. The van der Waals surface area contributed by atoms with E-state index in [2.05, 4.69) is 43.3 Å². The molecule has 14 heavy (non-hydrogen) atoms. The van der Waals surface area contributed by atoms with Crippen molar-refractivity contribution < 1.29 is 0 Å². The van der Waals surface area contributed by atoms with Gasteiger partial charge in [-0.1, -0.05) is 43.3 Å². The summed E-state index contributed by atoms with van der Waals surface area (Å²) >= 11 is 0. The van der Waals surface area contributed by atoms with Gasteiger partial charge in [0, 0.05) is 0 Å². The van der Waals surface area contributed by atoms with Crippen molar-refractivity contribution in [2.24, 2.45) is 0 Å². The van der Waals surface area contributed by atoms with E-state index in [0.717, 1.165) is 5.92 Å². The molecule has 0 nitrogen and oxygen atoms in total. The van der Waals surface area contributed by atoms with E-state index >= 15 is 0 Å².